The van der Waals surface area contributed by atoms with Gasteiger partial charge < -0.3 is 14.8 Å². The van der Waals surface area contributed by atoms with Crippen molar-refractivity contribution in [1.29, 1.82) is 0 Å². The van der Waals surface area contributed by atoms with Crippen LogP contribution in [0.1, 0.15) is 39.5 Å². The van der Waals surface area contributed by atoms with Gasteiger partial charge in [0, 0.05) is 12.6 Å². The average molecular weight is 215 g/mol. The summed E-state index contributed by atoms with van der Waals surface area (Å²) in [5, 5.41) is 3.27. The predicted octanol–water partition coefficient (Wildman–Crippen LogP) is 1.96. The molecule has 1 aliphatic heterocycles. The molecule has 15 heavy (non-hydrogen) atoms. The van der Waals surface area contributed by atoms with E-state index in [0.717, 1.165) is 26.1 Å². The van der Waals surface area contributed by atoms with Gasteiger partial charge in [-0.2, -0.15) is 0 Å². The van der Waals surface area contributed by atoms with Crippen molar-refractivity contribution in [3.05, 3.63) is 0 Å². The maximum absolute atomic E-state index is 5.84. The minimum atomic E-state index is 0.269. The van der Waals surface area contributed by atoms with Crippen molar-refractivity contribution in [3.8, 4) is 0 Å². The first-order valence-electron chi connectivity index (χ1n) is 6.18. The Morgan fingerprint density at radius 1 is 1.47 bits per heavy atom. The molecular formula is C12H25NO2. The fourth-order valence-corrected chi connectivity index (χ4v) is 2.08. The molecule has 1 saturated heterocycles. The van der Waals surface area contributed by atoms with E-state index in [-0.39, 0.29) is 6.10 Å². The van der Waals surface area contributed by atoms with Crippen LogP contribution in [-0.4, -0.2) is 38.5 Å². The van der Waals surface area contributed by atoms with E-state index in [0.29, 0.717) is 12.1 Å². The van der Waals surface area contributed by atoms with Gasteiger partial charge in [0.05, 0.1) is 18.8 Å². The molecule has 90 valence electrons. The number of rotatable bonds is 6. The molecule has 1 rings (SSSR count). The first-order chi connectivity index (χ1) is 7.27. The van der Waals surface area contributed by atoms with Crippen molar-refractivity contribution in [1.82, 2.24) is 5.32 Å². The molecule has 0 aromatic rings. The summed E-state index contributed by atoms with van der Waals surface area (Å²) in [7, 11) is 1.99. The van der Waals surface area contributed by atoms with Crippen LogP contribution in [0, 0.1) is 0 Å². The highest BCUT2D eigenvalue weighted by Gasteiger charge is 2.18. The van der Waals surface area contributed by atoms with Crippen molar-refractivity contribution in [2.75, 3.05) is 20.3 Å². The van der Waals surface area contributed by atoms with Gasteiger partial charge in [-0.1, -0.05) is 6.92 Å². The van der Waals surface area contributed by atoms with E-state index in [1.54, 1.807) is 0 Å². The van der Waals surface area contributed by atoms with Crippen molar-refractivity contribution >= 4 is 0 Å². The second-order valence-corrected chi connectivity index (χ2v) is 4.33. The molecule has 0 spiro atoms. The lowest BCUT2D eigenvalue weighted by Crippen LogP contribution is -2.38. The summed E-state index contributed by atoms with van der Waals surface area (Å²) < 4.78 is 11.5. The first kappa shape index (κ1) is 12.9. The van der Waals surface area contributed by atoms with Crippen LogP contribution >= 0.6 is 0 Å². The highest BCUT2D eigenvalue weighted by Crippen LogP contribution is 2.14. The Labute approximate surface area is 93.5 Å². The molecule has 0 amide bonds. The van der Waals surface area contributed by atoms with Gasteiger partial charge in [-0.3, -0.25) is 0 Å². The van der Waals surface area contributed by atoms with E-state index in [9.17, 15) is 0 Å². The van der Waals surface area contributed by atoms with Gasteiger partial charge in [0.15, 0.2) is 0 Å². The molecule has 3 nitrogen and oxygen atoms in total. The van der Waals surface area contributed by atoms with Crippen molar-refractivity contribution in [2.24, 2.45) is 0 Å². The molecular weight excluding hydrogens is 190 g/mol. The molecule has 3 heteroatoms. The molecule has 0 aliphatic carbocycles. The Morgan fingerprint density at radius 3 is 2.80 bits per heavy atom. The third kappa shape index (κ3) is 4.49. The quantitative estimate of drug-likeness (QED) is 0.734. The molecule has 3 unspecified atom stereocenters. The van der Waals surface area contributed by atoms with Crippen LogP contribution in [0.25, 0.3) is 0 Å². The molecule has 0 bridgehead atoms. The average Bonchev–Trinajstić information content (AvgIpc) is 2.29. The maximum atomic E-state index is 5.84. The third-order valence-corrected chi connectivity index (χ3v) is 3.20. The van der Waals surface area contributed by atoms with Crippen LogP contribution in [-0.2, 0) is 9.47 Å². The van der Waals surface area contributed by atoms with Crippen molar-refractivity contribution in [2.45, 2.75) is 57.8 Å². The van der Waals surface area contributed by atoms with Crippen LogP contribution in [0.15, 0.2) is 0 Å². The fourth-order valence-electron chi connectivity index (χ4n) is 2.08. The Hall–Kier alpha value is -0.120. The minimum absolute atomic E-state index is 0.269. The zero-order valence-corrected chi connectivity index (χ0v) is 10.3. The van der Waals surface area contributed by atoms with Crippen LogP contribution in [0.4, 0.5) is 0 Å². The zero-order valence-electron chi connectivity index (χ0n) is 10.3. The summed E-state index contributed by atoms with van der Waals surface area (Å²) in [6.45, 7) is 5.97. The Balaban J connectivity index is 2.16. The smallest absolute Gasteiger partial charge is 0.0808 e. The molecule has 3 atom stereocenters. The van der Waals surface area contributed by atoms with Crippen LogP contribution in [0.2, 0.25) is 0 Å². The lowest BCUT2D eigenvalue weighted by molar-refractivity contribution is -0.0658. The number of hydrogen-bond donors (Lipinski definition) is 1. The van der Waals surface area contributed by atoms with Crippen molar-refractivity contribution in [3.63, 3.8) is 0 Å². The van der Waals surface area contributed by atoms with E-state index in [1.165, 1.54) is 12.8 Å². The Kier molecular flexibility index (Phi) is 6.22. The molecule has 0 saturated carbocycles. The SMILES string of the molecule is CCC(NC)C(C)OCC1CCCCO1. The minimum Gasteiger partial charge on any atom is -0.376 e. The fraction of sp³-hybridized carbons (Fsp3) is 1.00. The Morgan fingerprint density at radius 2 is 2.27 bits per heavy atom. The summed E-state index contributed by atoms with van der Waals surface area (Å²) in [4.78, 5) is 0. The number of hydrogen-bond acceptors (Lipinski definition) is 3. The normalized spacial score (nSPS) is 26.2. The van der Waals surface area contributed by atoms with Gasteiger partial charge in [-0.25, -0.2) is 0 Å². The van der Waals surface area contributed by atoms with Gasteiger partial charge in [-0.15, -0.1) is 0 Å². The lowest BCUT2D eigenvalue weighted by atomic mass is 10.1. The number of nitrogens with one attached hydrogen (secondary N) is 1. The summed E-state index contributed by atoms with van der Waals surface area (Å²) in [5.74, 6) is 0. The summed E-state index contributed by atoms with van der Waals surface area (Å²) in [6.07, 6.45) is 5.35. The van der Waals surface area contributed by atoms with E-state index >= 15 is 0 Å². The van der Waals surface area contributed by atoms with Gasteiger partial charge in [0.25, 0.3) is 0 Å². The van der Waals surface area contributed by atoms with E-state index < -0.39 is 0 Å². The second-order valence-electron chi connectivity index (χ2n) is 4.33. The highest BCUT2D eigenvalue weighted by molar-refractivity contribution is 4.71. The lowest BCUT2D eigenvalue weighted by Gasteiger charge is -2.27. The first-order valence-corrected chi connectivity index (χ1v) is 6.18. The van der Waals surface area contributed by atoms with Gasteiger partial charge in [0.2, 0.25) is 0 Å². The Bertz CT molecular complexity index is 154. The maximum Gasteiger partial charge on any atom is 0.0808 e. The molecule has 0 radical (unpaired) electrons. The van der Waals surface area contributed by atoms with Crippen LogP contribution < -0.4 is 5.32 Å². The monoisotopic (exact) mass is 215 g/mol. The summed E-state index contributed by atoms with van der Waals surface area (Å²) in [6, 6.07) is 0.452. The van der Waals surface area contributed by atoms with Crippen LogP contribution in [0.3, 0.4) is 0 Å². The van der Waals surface area contributed by atoms with Gasteiger partial charge in [-0.05, 0) is 39.7 Å². The standard InChI is InChI=1S/C12H25NO2/c1-4-12(13-3)10(2)15-9-11-7-5-6-8-14-11/h10-13H,4-9H2,1-3H3. The predicted molar refractivity (Wildman–Crippen MR) is 62.1 cm³/mol. The van der Waals surface area contributed by atoms with Gasteiger partial charge >= 0.3 is 0 Å². The second kappa shape index (κ2) is 7.20. The summed E-state index contributed by atoms with van der Waals surface area (Å²) >= 11 is 0. The van der Waals surface area contributed by atoms with E-state index in [2.05, 4.69) is 19.2 Å². The molecule has 1 heterocycles. The van der Waals surface area contributed by atoms with Crippen LogP contribution in [0.5, 0.6) is 0 Å². The third-order valence-electron chi connectivity index (χ3n) is 3.20. The highest BCUT2D eigenvalue weighted by atomic mass is 16.5. The van der Waals surface area contributed by atoms with E-state index in [4.69, 9.17) is 9.47 Å². The number of likely N-dealkylation sites (N-methyl/N-ethyl adjacent to an activating group) is 1. The molecule has 1 fully saturated rings. The number of ether oxygens (including phenoxy) is 2. The van der Waals surface area contributed by atoms with E-state index in [1.807, 2.05) is 7.05 Å². The van der Waals surface area contributed by atoms with Crippen molar-refractivity contribution < 1.29 is 9.47 Å². The molecule has 0 aromatic carbocycles. The van der Waals surface area contributed by atoms with Gasteiger partial charge in [0.1, 0.15) is 0 Å². The molecule has 1 aliphatic rings. The largest absolute Gasteiger partial charge is 0.376 e. The molecule has 0 aromatic heterocycles. The molecule has 1 N–H and O–H groups in total. The summed E-state index contributed by atoms with van der Waals surface area (Å²) in [5.41, 5.74) is 0. The zero-order chi connectivity index (χ0) is 11.1. The topological polar surface area (TPSA) is 30.5 Å².